The van der Waals surface area contributed by atoms with E-state index in [2.05, 4.69) is 0 Å². The number of phenols is 1. The van der Waals surface area contributed by atoms with Gasteiger partial charge in [0.1, 0.15) is 48.1 Å². The van der Waals surface area contributed by atoms with Crippen LogP contribution >= 0.6 is 0 Å². The highest BCUT2D eigenvalue weighted by Crippen LogP contribution is 2.32. The van der Waals surface area contributed by atoms with Gasteiger partial charge < -0.3 is 54.7 Å². The summed E-state index contributed by atoms with van der Waals surface area (Å²) in [6.45, 7) is -0.907. The zero-order chi connectivity index (χ0) is 23.0. The molecule has 0 saturated carbocycles. The number of benzene rings is 2. The lowest BCUT2D eigenvalue weighted by atomic mass is 9.99. The highest BCUT2D eigenvalue weighted by atomic mass is 16.7. The van der Waals surface area contributed by atoms with E-state index in [0.29, 0.717) is 16.5 Å². The first-order valence-corrected chi connectivity index (χ1v) is 10.1. The largest absolute Gasteiger partial charge is 0.508 e. The number of ether oxygens (including phenoxy) is 4. The van der Waals surface area contributed by atoms with Crippen LogP contribution < -0.4 is 4.74 Å². The van der Waals surface area contributed by atoms with E-state index in [9.17, 15) is 35.7 Å². The van der Waals surface area contributed by atoms with Gasteiger partial charge in [-0.25, -0.2) is 0 Å². The van der Waals surface area contributed by atoms with Gasteiger partial charge in [-0.05, 0) is 29.7 Å². The summed E-state index contributed by atoms with van der Waals surface area (Å²) < 4.78 is 22.0. The number of fused-ring (bicyclic) bond motifs is 1. The van der Waals surface area contributed by atoms with Gasteiger partial charge in [0.2, 0.25) is 0 Å². The monoisotopic (exact) mass is 454 g/mol. The predicted molar refractivity (Wildman–Crippen MR) is 107 cm³/mol. The number of hydrogen-bond donors (Lipinski definition) is 7. The summed E-state index contributed by atoms with van der Waals surface area (Å²) in [6, 6.07) is 9.71. The molecule has 9 atom stereocenters. The second-order valence-corrected chi connectivity index (χ2v) is 7.83. The van der Waals surface area contributed by atoms with Crippen LogP contribution in [0.15, 0.2) is 36.4 Å². The van der Waals surface area contributed by atoms with Crippen LogP contribution in [-0.4, -0.2) is 104 Å². The highest BCUT2D eigenvalue weighted by Gasteiger charge is 2.48. The molecule has 2 saturated heterocycles. The molecule has 0 amide bonds. The van der Waals surface area contributed by atoms with Crippen molar-refractivity contribution in [2.45, 2.75) is 55.3 Å². The van der Waals surface area contributed by atoms with E-state index < -0.39 is 61.9 Å². The van der Waals surface area contributed by atoms with Gasteiger partial charge in [-0.15, -0.1) is 0 Å². The Morgan fingerprint density at radius 1 is 0.938 bits per heavy atom. The van der Waals surface area contributed by atoms with Crippen molar-refractivity contribution in [3.05, 3.63) is 36.4 Å². The molecule has 0 bridgehead atoms. The lowest BCUT2D eigenvalue weighted by Crippen LogP contribution is -2.62. The van der Waals surface area contributed by atoms with Gasteiger partial charge in [0.25, 0.3) is 0 Å². The average molecular weight is 454 g/mol. The fourth-order valence-electron chi connectivity index (χ4n) is 3.86. The Balaban J connectivity index is 1.51. The molecular weight excluding hydrogens is 428 g/mol. The van der Waals surface area contributed by atoms with E-state index in [1.807, 2.05) is 0 Å². The number of aromatic hydroxyl groups is 1. The van der Waals surface area contributed by atoms with Gasteiger partial charge in [-0.2, -0.15) is 0 Å². The summed E-state index contributed by atoms with van der Waals surface area (Å²) in [5.41, 5.74) is 0. The molecule has 2 aromatic rings. The number of rotatable bonds is 5. The molecule has 2 heterocycles. The quantitative estimate of drug-likeness (QED) is 0.271. The minimum absolute atomic E-state index is 0.0729. The van der Waals surface area contributed by atoms with E-state index in [4.69, 9.17) is 18.9 Å². The SMILES string of the molecule is OC[C@H]1O[C@@H](O[C@@H]2CO[C@@H](O)[C@H](Oc3cccc4cc(O)ccc34)[C@H]2O)[C@H](O)[C@@H](O)[C@H]1O. The fraction of sp³-hybridized carbons (Fsp3) is 0.524. The molecular formula is C21H26O11. The lowest BCUT2D eigenvalue weighted by Gasteiger charge is -2.43. The van der Waals surface area contributed by atoms with Crippen LogP contribution in [0.4, 0.5) is 0 Å². The minimum atomic E-state index is -1.66. The van der Waals surface area contributed by atoms with Gasteiger partial charge in [0.05, 0.1) is 13.2 Å². The molecule has 0 spiro atoms. The fourth-order valence-corrected chi connectivity index (χ4v) is 3.86. The third-order valence-corrected chi connectivity index (χ3v) is 5.67. The topological polar surface area (TPSA) is 179 Å². The van der Waals surface area contributed by atoms with Gasteiger partial charge in [0.15, 0.2) is 18.7 Å². The molecule has 0 unspecified atom stereocenters. The smallest absolute Gasteiger partial charge is 0.195 e. The standard InChI is InChI=1S/C21H26O11/c22-7-13-15(24)17(26)18(27)21(31-13)32-14-8-29-20(28)19(16(14)25)30-12-3-1-2-9-6-10(23)4-5-11(9)12/h1-6,13-28H,7-8H2/t13-,14-,15+,16+,17+,18-,19-,20-,21+/m1/s1. The Bertz CT molecular complexity index is 922. The molecule has 32 heavy (non-hydrogen) atoms. The minimum Gasteiger partial charge on any atom is -0.508 e. The second-order valence-electron chi connectivity index (χ2n) is 7.83. The van der Waals surface area contributed by atoms with Crippen LogP contribution in [0.25, 0.3) is 10.8 Å². The Labute approximate surface area is 182 Å². The van der Waals surface area contributed by atoms with Crippen molar-refractivity contribution in [1.82, 2.24) is 0 Å². The van der Waals surface area contributed by atoms with Crippen molar-refractivity contribution in [3.8, 4) is 11.5 Å². The number of phenolic OH excluding ortho intramolecular Hbond substituents is 1. The first-order chi connectivity index (χ1) is 15.3. The third-order valence-electron chi connectivity index (χ3n) is 5.67. The summed E-state index contributed by atoms with van der Waals surface area (Å²) >= 11 is 0. The van der Waals surface area contributed by atoms with Gasteiger partial charge in [-0.3, -0.25) is 0 Å². The summed E-state index contributed by atoms with van der Waals surface area (Å²) in [6.07, 6.45) is -12.8. The van der Waals surface area contributed by atoms with Crippen molar-refractivity contribution >= 4 is 10.8 Å². The second kappa shape index (κ2) is 9.43. The Morgan fingerprint density at radius 3 is 2.47 bits per heavy atom. The maximum atomic E-state index is 10.8. The van der Waals surface area contributed by atoms with Crippen LogP contribution in [-0.2, 0) is 14.2 Å². The zero-order valence-electron chi connectivity index (χ0n) is 16.8. The zero-order valence-corrected chi connectivity index (χ0v) is 16.8. The van der Waals surface area contributed by atoms with Gasteiger partial charge in [0, 0.05) is 5.39 Å². The van der Waals surface area contributed by atoms with Crippen molar-refractivity contribution in [3.63, 3.8) is 0 Å². The van der Waals surface area contributed by atoms with E-state index >= 15 is 0 Å². The Hall–Kier alpha value is -2.06. The maximum absolute atomic E-state index is 10.8. The maximum Gasteiger partial charge on any atom is 0.195 e. The van der Waals surface area contributed by atoms with Crippen LogP contribution in [0.5, 0.6) is 11.5 Å². The molecule has 0 radical (unpaired) electrons. The Morgan fingerprint density at radius 2 is 1.72 bits per heavy atom. The normalized spacial score (nSPS) is 38.0. The first-order valence-electron chi connectivity index (χ1n) is 10.1. The van der Waals surface area contributed by atoms with Crippen molar-refractivity contribution in [1.29, 1.82) is 0 Å². The first kappa shape index (κ1) is 23.1. The molecule has 11 heteroatoms. The molecule has 2 fully saturated rings. The molecule has 7 N–H and O–H groups in total. The summed E-state index contributed by atoms with van der Waals surface area (Å²) in [4.78, 5) is 0. The molecule has 2 aliphatic heterocycles. The number of hydrogen-bond acceptors (Lipinski definition) is 11. The molecule has 176 valence electrons. The van der Waals surface area contributed by atoms with Gasteiger partial charge in [-0.1, -0.05) is 12.1 Å². The molecule has 2 aromatic carbocycles. The average Bonchev–Trinajstić information content (AvgIpc) is 2.78. The van der Waals surface area contributed by atoms with E-state index in [-0.39, 0.29) is 12.4 Å². The highest BCUT2D eigenvalue weighted by molar-refractivity contribution is 5.89. The number of aliphatic hydroxyl groups is 6. The van der Waals surface area contributed by atoms with Crippen LogP contribution in [0.3, 0.4) is 0 Å². The van der Waals surface area contributed by atoms with Gasteiger partial charge >= 0.3 is 0 Å². The summed E-state index contributed by atoms with van der Waals surface area (Å²) in [7, 11) is 0. The van der Waals surface area contributed by atoms with E-state index in [0.717, 1.165) is 0 Å². The summed E-state index contributed by atoms with van der Waals surface area (Å²) in [5, 5.41) is 71.3. The Kier molecular flexibility index (Phi) is 6.81. The molecule has 0 aliphatic carbocycles. The van der Waals surface area contributed by atoms with E-state index in [1.165, 1.54) is 12.1 Å². The molecule has 2 aliphatic rings. The summed E-state index contributed by atoms with van der Waals surface area (Å²) in [5.74, 6) is 0.395. The van der Waals surface area contributed by atoms with E-state index in [1.54, 1.807) is 24.3 Å². The molecule has 4 rings (SSSR count). The van der Waals surface area contributed by atoms with Crippen molar-refractivity contribution in [2.75, 3.05) is 13.2 Å². The molecule has 0 aromatic heterocycles. The van der Waals surface area contributed by atoms with Crippen LogP contribution in [0, 0.1) is 0 Å². The van der Waals surface area contributed by atoms with Crippen LogP contribution in [0.1, 0.15) is 0 Å². The third kappa shape index (κ3) is 4.39. The molecule has 11 nitrogen and oxygen atoms in total. The van der Waals surface area contributed by atoms with Crippen LogP contribution in [0.2, 0.25) is 0 Å². The predicted octanol–water partition coefficient (Wildman–Crippen LogP) is -1.81. The van der Waals surface area contributed by atoms with Crippen molar-refractivity contribution < 1.29 is 54.7 Å². The van der Waals surface area contributed by atoms with Crippen molar-refractivity contribution in [2.24, 2.45) is 0 Å². The number of aliphatic hydroxyl groups excluding tert-OH is 6. The lowest BCUT2D eigenvalue weighted by molar-refractivity contribution is -0.338.